The van der Waals surface area contributed by atoms with Gasteiger partial charge in [-0.05, 0) is 30.4 Å². The fourth-order valence-corrected chi connectivity index (χ4v) is 2.23. The summed E-state index contributed by atoms with van der Waals surface area (Å²) < 4.78 is 37.6. The van der Waals surface area contributed by atoms with E-state index >= 15 is 0 Å². The van der Waals surface area contributed by atoms with Crippen LogP contribution < -0.4 is 16.2 Å². The summed E-state index contributed by atoms with van der Waals surface area (Å²) in [7, 11) is 0. The predicted octanol–water partition coefficient (Wildman–Crippen LogP) is 4.04. The van der Waals surface area contributed by atoms with Gasteiger partial charge in [0, 0.05) is 6.20 Å². The van der Waals surface area contributed by atoms with Gasteiger partial charge in [-0.2, -0.15) is 13.2 Å². The molecule has 1 aromatic carbocycles. The molecule has 0 radical (unpaired) electrons. The van der Waals surface area contributed by atoms with Crippen LogP contribution in [0, 0.1) is 0 Å². The van der Waals surface area contributed by atoms with Gasteiger partial charge in [-0.15, -0.1) is 0 Å². The average Bonchev–Trinajstić information content (AvgIpc) is 2.53. The number of rotatable bonds is 3. The average molecular weight is 409 g/mol. The van der Waals surface area contributed by atoms with Crippen LogP contribution in [0.1, 0.15) is 15.9 Å². The Morgan fingerprint density at radius 3 is 2.44 bits per heavy atom. The van der Waals surface area contributed by atoms with E-state index in [-0.39, 0.29) is 26.5 Å². The molecular formula is C14H9Cl2F3N4OS. The second-order valence-electron chi connectivity index (χ2n) is 4.57. The van der Waals surface area contributed by atoms with Gasteiger partial charge in [0.05, 0.1) is 21.2 Å². The number of amides is 1. The Hall–Kier alpha value is -2.10. The van der Waals surface area contributed by atoms with Crippen LogP contribution in [0.5, 0.6) is 0 Å². The molecule has 1 amide bonds. The highest BCUT2D eigenvalue weighted by molar-refractivity contribution is 7.80. The number of hydrazine groups is 1. The number of carbonyl (C=O) groups excluding carboxylic acids is 1. The largest absolute Gasteiger partial charge is 0.417 e. The maximum atomic E-state index is 12.5. The molecule has 0 atom stereocenters. The van der Waals surface area contributed by atoms with Crippen molar-refractivity contribution in [1.82, 2.24) is 15.7 Å². The Morgan fingerprint density at radius 2 is 1.84 bits per heavy atom. The Kier molecular flexibility index (Phi) is 6.04. The van der Waals surface area contributed by atoms with Gasteiger partial charge < -0.3 is 0 Å². The molecule has 0 spiro atoms. The van der Waals surface area contributed by atoms with Crippen LogP contribution in [0.2, 0.25) is 10.0 Å². The Balaban J connectivity index is 1.96. The molecule has 25 heavy (non-hydrogen) atoms. The summed E-state index contributed by atoms with van der Waals surface area (Å²) >= 11 is 16.5. The monoisotopic (exact) mass is 408 g/mol. The molecule has 0 fully saturated rings. The number of anilines is 1. The van der Waals surface area contributed by atoms with E-state index in [1.165, 1.54) is 12.1 Å². The number of hydrogen-bond donors (Lipinski definition) is 3. The first-order chi connectivity index (χ1) is 11.7. The number of benzene rings is 1. The predicted molar refractivity (Wildman–Crippen MR) is 92.5 cm³/mol. The van der Waals surface area contributed by atoms with Crippen molar-refractivity contribution in [3.05, 3.63) is 57.7 Å². The van der Waals surface area contributed by atoms with E-state index in [0.29, 0.717) is 12.3 Å². The summed E-state index contributed by atoms with van der Waals surface area (Å²) in [5, 5.41) is 2.16. The number of hydrogen-bond acceptors (Lipinski definition) is 4. The second-order valence-corrected chi connectivity index (χ2v) is 5.79. The molecule has 1 aromatic heterocycles. The molecule has 2 rings (SSSR count). The minimum absolute atomic E-state index is 0.0935. The normalized spacial score (nSPS) is 10.9. The lowest BCUT2D eigenvalue weighted by Crippen LogP contribution is -2.42. The molecule has 2 aromatic rings. The van der Waals surface area contributed by atoms with E-state index in [0.717, 1.165) is 0 Å². The van der Waals surface area contributed by atoms with Crippen molar-refractivity contribution in [3.63, 3.8) is 0 Å². The zero-order chi connectivity index (χ0) is 18.6. The van der Waals surface area contributed by atoms with Crippen LogP contribution in [0.3, 0.4) is 0 Å². The molecule has 3 N–H and O–H groups in total. The molecule has 11 heteroatoms. The van der Waals surface area contributed by atoms with Gasteiger partial charge in [0.2, 0.25) is 0 Å². The highest BCUT2D eigenvalue weighted by Crippen LogP contribution is 2.32. The number of aromatic nitrogens is 1. The van der Waals surface area contributed by atoms with Crippen LogP contribution in [-0.4, -0.2) is 16.0 Å². The number of alkyl halides is 3. The van der Waals surface area contributed by atoms with E-state index in [1.807, 2.05) is 0 Å². The number of thiocarbonyl (C=S) groups is 1. The first kappa shape index (κ1) is 19.2. The first-order valence-electron chi connectivity index (χ1n) is 6.53. The third-order valence-corrected chi connectivity index (χ3v) is 3.63. The van der Waals surface area contributed by atoms with Crippen molar-refractivity contribution in [2.24, 2.45) is 0 Å². The third-order valence-electron chi connectivity index (χ3n) is 2.81. The van der Waals surface area contributed by atoms with E-state index in [1.54, 1.807) is 12.1 Å². The Labute approximate surface area is 155 Å². The molecule has 0 aliphatic rings. The number of halogens is 5. The third kappa shape index (κ3) is 5.18. The summed E-state index contributed by atoms with van der Waals surface area (Å²) in [5.41, 5.74) is 4.03. The molecule has 5 nitrogen and oxygen atoms in total. The zero-order valence-electron chi connectivity index (χ0n) is 12.1. The summed E-state index contributed by atoms with van der Waals surface area (Å²) in [6.45, 7) is 0. The van der Waals surface area contributed by atoms with Gasteiger partial charge in [-0.25, -0.2) is 4.98 Å². The van der Waals surface area contributed by atoms with Gasteiger partial charge in [0.1, 0.15) is 0 Å². The molecule has 0 unspecified atom stereocenters. The van der Waals surface area contributed by atoms with Gasteiger partial charge >= 0.3 is 6.18 Å². The molecule has 1 heterocycles. The molecule has 0 aliphatic heterocycles. The van der Waals surface area contributed by atoms with Crippen molar-refractivity contribution in [1.29, 1.82) is 0 Å². The lowest BCUT2D eigenvalue weighted by molar-refractivity contribution is -0.137. The van der Waals surface area contributed by atoms with Gasteiger partial charge in [-0.1, -0.05) is 35.3 Å². The van der Waals surface area contributed by atoms with E-state index in [9.17, 15) is 18.0 Å². The maximum Gasteiger partial charge on any atom is 0.417 e. The number of pyridine rings is 1. The number of carbonyl (C=O) groups is 1. The lowest BCUT2D eigenvalue weighted by atomic mass is 10.2. The molecule has 0 bridgehead atoms. The lowest BCUT2D eigenvalue weighted by Gasteiger charge is -2.13. The first-order valence-corrected chi connectivity index (χ1v) is 7.69. The maximum absolute atomic E-state index is 12.5. The second kappa shape index (κ2) is 7.85. The minimum atomic E-state index is -4.55. The van der Waals surface area contributed by atoms with Crippen LogP contribution in [0.15, 0.2) is 36.5 Å². The smallest absolute Gasteiger partial charge is 0.298 e. The van der Waals surface area contributed by atoms with Crippen molar-refractivity contribution in [2.45, 2.75) is 6.18 Å². The fourth-order valence-electron chi connectivity index (χ4n) is 1.65. The zero-order valence-corrected chi connectivity index (χ0v) is 14.4. The summed E-state index contributed by atoms with van der Waals surface area (Å²) in [4.78, 5) is 15.5. The summed E-state index contributed by atoms with van der Waals surface area (Å²) in [6, 6.07) is 7.04. The molecule has 0 saturated carbocycles. The minimum Gasteiger partial charge on any atom is -0.298 e. The fraction of sp³-hybridized carbons (Fsp3) is 0.0714. The van der Waals surface area contributed by atoms with Gasteiger partial charge in [0.15, 0.2) is 10.9 Å². The van der Waals surface area contributed by atoms with Crippen molar-refractivity contribution >= 4 is 52.3 Å². The SMILES string of the molecule is O=C(NC(=S)NNc1ncc(C(F)(F)F)cc1Cl)c1ccccc1Cl. The van der Waals surface area contributed by atoms with Crippen LogP contribution in [0.4, 0.5) is 19.0 Å². The quantitative estimate of drug-likeness (QED) is 0.528. The molecule has 132 valence electrons. The van der Waals surface area contributed by atoms with E-state index < -0.39 is 17.6 Å². The van der Waals surface area contributed by atoms with Crippen molar-refractivity contribution in [2.75, 3.05) is 5.43 Å². The molecular weight excluding hydrogens is 400 g/mol. The van der Waals surface area contributed by atoms with Gasteiger partial charge in [-0.3, -0.25) is 21.0 Å². The molecule has 0 aliphatic carbocycles. The topological polar surface area (TPSA) is 66.1 Å². The highest BCUT2D eigenvalue weighted by atomic mass is 35.5. The van der Waals surface area contributed by atoms with Crippen LogP contribution >= 0.6 is 35.4 Å². The number of nitrogens with one attached hydrogen (secondary N) is 3. The molecule has 0 saturated heterocycles. The Bertz CT molecular complexity index is 817. The van der Waals surface area contributed by atoms with E-state index in [2.05, 4.69) is 21.2 Å². The summed E-state index contributed by atoms with van der Waals surface area (Å²) in [5.74, 6) is -0.652. The summed E-state index contributed by atoms with van der Waals surface area (Å²) in [6.07, 6.45) is -3.94. The number of nitrogens with zero attached hydrogens (tertiary/aromatic N) is 1. The van der Waals surface area contributed by atoms with Gasteiger partial charge in [0.25, 0.3) is 5.91 Å². The Morgan fingerprint density at radius 1 is 1.16 bits per heavy atom. The van der Waals surface area contributed by atoms with Crippen LogP contribution in [-0.2, 0) is 6.18 Å². The van der Waals surface area contributed by atoms with Crippen LogP contribution in [0.25, 0.3) is 0 Å². The van der Waals surface area contributed by atoms with Crippen molar-refractivity contribution in [3.8, 4) is 0 Å². The van der Waals surface area contributed by atoms with E-state index in [4.69, 9.17) is 35.4 Å². The highest BCUT2D eigenvalue weighted by Gasteiger charge is 2.31. The van der Waals surface area contributed by atoms with Crippen molar-refractivity contribution < 1.29 is 18.0 Å². The standard InChI is InChI=1S/C14H9Cl2F3N4OS/c15-9-4-2-1-3-8(9)12(24)21-13(25)23-22-11-10(16)5-7(6-20-11)14(17,18)19/h1-6H,(H,20,22)(H2,21,23,24,25).